The lowest BCUT2D eigenvalue weighted by Crippen LogP contribution is -2.28. The summed E-state index contributed by atoms with van der Waals surface area (Å²) in [7, 11) is 0. The van der Waals surface area contributed by atoms with E-state index in [9.17, 15) is 14.0 Å². The van der Waals surface area contributed by atoms with Crippen LogP contribution in [0.3, 0.4) is 0 Å². The van der Waals surface area contributed by atoms with E-state index in [1.807, 2.05) is 55.1 Å². The largest absolute Gasteiger partial charge is 0.322 e. The first kappa shape index (κ1) is 20.2. The van der Waals surface area contributed by atoms with Crippen LogP contribution in [0.1, 0.15) is 32.4 Å². The smallest absolute Gasteiger partial charge is 0.255 e. The normalized spacial score (nSPS) is 16.0. The van der Waals surface area contributed by atoms with Crippen LogP contribution in [-0.2, 0) is 4.79 Å². The maximum atomic E-state index is 13.0. The third kappa shape index (κ3) is 4.24. The number of anilines is 2. The van der Waals surface area contributed by atoms with Crippen molar-refractivity contribution in [3.05, 3.63) is 94.8 Å². The van der Waals surface area contributed by atoms with Crippen LogP contribution in [0.2, 0.25) is 0 Å². The number of rotatable bonds is 4. The molecule has 1 saturated heterocycles. The zero-order valence-electron chi connectivity index (χ0n) is 16.7. The molecule has 30 heavy (non-hydrogen) atoms. The van der Waals surface area contributed by atoms with Crippen LogP contribution in [0.5, 0.6) is 0 Å². The molecule has 0 aromatic heterocycles. The first-order chi connectivity index (χ1) is 14.4. The molecule has 6 heteroatoms. The van der Waals surface area contributed by atoms with Gasteiger partial charge in [-0.15, -0.1) is 11.8 Å². The standard InChI is InChI=1S/C24H21FN2O2S/c1-15-11-16(2)13-21(12-15)27-22(28)14-30-24(27)18-5-9-20(10-6-18)26-23(29)17-3-7-19(25)8-4-17/h3-13,24H,14H2,1-2H3,(H,26,29). The zero-order chi connectivity index (χ0) is 21.3. The second kappa shape index (κ2) is 8.32. The van der Waals surface area contributed by atoms with Gasteiger partial charge in [-0.05, 0) is 79.1 Å². The molecule has 1 fully saturated rings. The minimum absolute atomic E-state index is 0.0867. The molecule has 1 aliphatic rings. The molecule has 1 unspecified atom stereocenters. The van der Waals surface area contributed by atoms with Crippen LogP contribution in [-0.4, -0.2) is 17.6 Å². The Labute approximate surface area is 179 Å². The van der Waals surface area contributed by atoms with Crippen LogP contribution in [0.15, 0.2) is 66.7 Å². The summed E-state index contributed by atoms with van der Waals surface area (Å²) in [6.45, 7) is 4.05. The van der Waals surface area contributed by atoms with E-state index < -0.39 is 0 Å². The van der Waals surface area contributed by atoms with Gasteiger partial charge in [-0.1, -0.05) is 18.2 Å². The summed E-state index contributed by atoms with van der Waals surface area (Å²) in [4.78, 5) is 26.8. The summed E-state index contributed by atoms with van der Waals surface area (Å²) in [6.07, 6.45) is 0. The maximum absolute atomic E-state index is 13.0. The summed E-state index contributed by atoms with van der Waals surface area (Å²) in [5.41, 5.74) is 5.16. The van der Waals surface area contributed by atoms with Gasteiger partial charge in [-0.25, -0.2) is 4.39 Å². The van der Waals surface area contributed by atoms with Crippen LogP contribution in [0.4, 0.5) is 15.8 Å². The third-order valence-corrected chi connectivity index (χ3v) is 6.12. The van der Waals surface area contributed by atoms with Crippen molar-refractivity contribution in [2.24, 2.45) is 0 Å². The number of carbonyl (C=O) groups is 2. The number of aryl methyl sites for hydroxylation is 2. The van der Waals surface area contributed by atoms with Gasteiger partial charge in [-0.2, -0.15) is 0 Å². The highest BCUT2D eigenvalue weighted by Gasteiger charge is 2.34. The second-order valence-corrected chi connectivity index (χ2v) is 8.42. The Morgan fingerprint density at radius 1 is 1.00 bits per heavy atom. The lowest BCUT2D eigenvalue weighted by molar-refractivity contribution is -0.115. The summed E-state index contributed by atoms with van der Waals surface area (Å²) < 4.78 is 13.0. The van der Waals surface area contributed by atoms with Crippen molar-refractivity contribution >= 4 is 35.0 Å². The Morgan fingerprint density at radius 2 is 1.63 bits per heavy atom. The highest BCUT2D eigenvalue weighted by atomic mass is 32.2. The summed E-state index contributed by atoms with van der Waals surface area (Å²) in [5.74, 6) is -0.164. The minimum atomic E-state index is -0.382. The van der Waals surface area contributed by atoms with Crippen molar-refractivity contribution in [1.82, 2.24) is 0 Å². The molecule has 1 aliphatic heterocycles. The van der Waals surface area contributed by atoms with Crippen LogP contribution in [0.25, 0.3) is 0 Å². The maximum Gasteiger partial charge on any atom is 0.255 e. The second-order valence-electron chi connectivity index (χ2n) is 7.36. The number of nitrogens with one attached hydrogen (secondary N) is 1. The third-order valence-electron chi connectivity index (χ3n) is 4.91. The predicted octanol–water partition coefficient (Wildman–Crippen LogP) is 5.47. The highest BCUT2D eigenvalue weighted by molar-refractivity contribution is 8.00. The molecule has 3 aromatic rings. The van der Waals surface area contributed by atoms with Crippen LogP contribution >= 0.6 is 11.8 Å². The minimum Gasteiger partial charge on any atom is -0.322 e. The van der Waals surface area contributed by atoms with Gasteiger partial charge in [0, 0.05) is 16.9 Å². The number of nitrogens with zero attached hydrogens (tertiary/aromatic N) is 1. The Kier molecular flexibility index (Phi) is 5.59. The number of carbonyl (C=O) groups excluding carboxylic acids is 2. The quantitative estimate of drug-likeness (QED) is 0.609. The zero-order valence-corrected chi connectivity index (χ0v) is 17.5. The average Bonchev–Trinajstić information content (AvgIpc) is 3.10. The van der Waals surface area contributed by atoms with E-state index in [2.05, 4.69) is 11.4 Å². The molecule has 2 amide bonds. The number of halogens is 1. The molecule has 1 atom stereocenters. The average molecular weight is 421 g/mol. The first-order valence-electron chi connectivity index (χ1n) is 9.59. The van der Waals surface area contributed by atoms with E-state index in [4.69, 9.17) is 0 Å². The molecule has 4 rings (SSSR count). The fourth-order valence-corrected chi connectivity index (χ4v) is 4.75. The van der Waals surface area contributed by atoms with E-state index in [1.165, 1.54) is 24.3 Å². The molecule has 0 saturated carbocycles. The Balaban J connectivity index is 1.53. The van der Waals surface area contributed by atoms with E-state index in [0.717, 1.165) is 22.4 Å². The van der Waals surface area contributed by atoms with Gasteiger partial charge in [0.15, 0.2) is 0 Å². The van der Waals surface area contributed by atoms with Crippen molar-refractivity contribution in [2.45, 2.75) is 19.2 Å². The van der Waals surface area contributed by atoms with E-state index in [-0.39, 0.29) is 23.0 Å². The van der Waals surface area contributed by atoms with Crippen molar-refractivity contribution in [2.75, 3.05) is 16.0 Å². The fraction of sp³-hybridized carbons (Fsp3) is 0.167. The topological polar surface area (TPSA) is 49.4 Å². The molecular formula is C24H21FN2O2S. The summed E-state index contributed by atoms with van der Waals surface area (Å²) in [5, 5.41) is 2.70. The molecule has 0 bridgehead atoms. The number of amides is 2. The van der Waals surface area contributed by atoms with Crippen LogP contribution in [0, 0.1) is 19.7 Å². The van der Waals surface area contributed by atoms with Gasteiger partial charge in [0.2, 0.25) is 5.91 Å². The molecular weight excluding hydrogens is 399 g/mol. The molecule has 4 nitrogen and oxygen atoms in total. The molecule has 0 radical (unpaired) electrons. The van der Waals surface area contributed by atoms with Gasteiger partial charge in [0.25, 0.3) is 5.91 Å². The van der Waals surface area contributed by atoms with Gasteiger partial charge in [-0.3, -0.25) is 14.5 Å². The van der Waals surface area contributed by atoms with Gasteiger partial charge < -0.3 is 5.32 Å². The summed E-state index contributed by atoms with van der Waals surface area (Å²) in [6, 6.07) is 19.0. The summed E-state index contributed by atoms with van der Waals surface area (Å²) >= 11 is 1.59. The van der Waals surface area contributed by atoms with E-state index >= 15 is 0 Å². The molecule has 152 valence electrons. The fourth-order valence-electron chi connectivity index (χ4n) is 3.58. The monoisotopic (exact) mass is 420 g/mol. The lowest BCUT2D eigenvalue weighted by Gasteiger charge is -2.25. The molecule has 0 aliphatic carbocycles. The predicted molar refractivity (Wildman–Crippen MR) is 119 cm³/mol. The molecule has 1 N–H and O–H groups in total. The number of hydrogen-bond acceptors (Lipinski definition) is 3. The van der Waals surface area contributed by atoms with E-state index in [1.54, 1.807) is 11.8 Å². The molecule has 1 heterocycles. The van der Waals surface area contributed by atoms with Crippen molar-refractivity contribution in [3.8, 4) is 0 Å². The molecule has 0 spiro atoms. The SMILES string of the molecule is Cc1cc(C)cc(N2C(=O)CSC2c2ccc(NC(=O)c3ccc(F)cc3)cc2)c1. The van der Waals surface area contributed by atoms with Gasteiger partial charge in [0.1, 0.15) is 11.2 Å². The van der Waals surface area contributed by atoms with Gasteiger partial charge in [0.05, 0.1) is 5.75 Å². The Morgan fingerprint density at radius 3 is 2.27 bits per heavy atom. The number of hydrogen-bond donors (Lipinski definition) is 1. The lowest BCUT2D eigenvalue weighted by atomic mass is 10.1. The van der Waals surface area contributed by atoms with Crippen molar-refractivity contribution in [3.63, 3.8) is 0 Å². The van der Waals surface area contributed by atoms with E-state index in [0.29, 0.717) is 17.0 Å². The Bertz CT molecular complexity index is 1080. The van der Waals surface area contributed by atoms with Gasteiger partial charge >= 0.3 is 0 Å². The molecule has 3 aromatic carbocycles. The first-order valence-corrected chi connectivity index (χ1v) is 10.6. The Hall–Kier alpha value is -3.12. The van der Waals surface area contributed by atoms with Crippen molar-refractivity contribution in [1.29, 1.82) is 0 Å². The number of benzene rings is 3. The highest BCUT2D eigenvalue weighted by Crippen LogP contribution is 2.42. The number of thioether (sulfide) groups is 1. The van der Waals surface area contributed by atoms with Crippen molar-refractivity contribution < 1.29 is 14.0 Å². The van der Waals surface area contributed by atoms with Crippen LogP contribution < -0.4 is 10.2 Å².